The predicted molar refractivity (Wildman–Crippen MR) is 78.9 cm³/mol. The molecule has 1 heterocycles. The number of anilines is 1. The molecule has 1 unspecified atom stereocenters. The maximum absolute atomic E-state index is 5.87. The van der Waals surface area contributed by atoms with Gasteiger partial charge >= 0.3 is 0 Å². The van der Waals surface area contributed by atoms with E-state index < -0.39 is 0 Å². The first kappa shape index (κ1) is 15.0. The van der Waals surface area contributed by atoms with Crippen LogP contribution in [0.4, 0.5) is 5.69 Å². The Labute approximate surface area is 111 Å². The van der Waals surface area contributed by atoms with E-state index >= 15 is 0 Å². The predicted octanol–water partition coefficient (Wildman–Crippen LogP) is 3.03. The lowest BCUT2D eigenvalue weighted by Gasteiger charge is -2.30. The van der Waals surface area contributed by atoms with E-state index in [1.54, 1.807) is 0 Å². The Balaban J connectivity index is 3.07. The second-order valence-corrected chi connectivity index (χ2v) is 5.64. The van der Waals surface area contributed by atoms with Crippen molar-refractivity contribution in [1.82, 2.24) is 4.98 Å². The van der Waals surface area contributed by atoms with Gasteiger partial charge in [-0.05, 0) is 39.2 Å². The van der Waals surface area contributed by atoms with E-state index in [1.807, 2.05) is 13.8 Å². The molecule has 2 N–H and O–H groups in total. The van der Waals surface area contributed by atoms with Gasteiger partial charge in [0.15, 0.2) is 0 Å². The minimum absolute atomic E-state index is 0.511. The van der Waals surface area contributed by atoms with Crippen LogP contribution in [0.15, 0.2) is 6.07 Å². The van der Waals surface area contributed by atoms with Crippen LogP contribution in [0.5, 0.6) is 0 Å². The molecule has 0 saturated carbocycles. The van der Waals surface area contributed by atoms with Crippen molar-refractivity contribution < 1.29 is 0 Å². The number of pyridine rings is 1. The summed E-state index contributed by atoms with van der Waals surface area (Å²) in [7, 11) is 2.15. The molecule has 0 spiro atoms. The van der Waals surface area contributed by atoms with Gasteiger partial charge in [0.2, 0.25) is 0 Å². The van der Waals surface area contributed by atoms with E-state index in [-0.39, 0.29) is 0 Å². The van der Waals surface area contributed by atoms with E-state index in [0.29, 0.717) is 18.5 Å². The van der Waals surface area contributed by atoms with Crippen molar-refractivity contribution in [3.8, 4) is 0 Å². The van der Waals surface area contributed by atoms with Crippen molar-refractivity contribution in [3.63, 3.8) is 0 Å². The minimum Gasteiger partial charge on any atom is -0.372 e. The van der Waals surface area contributed by atoms with Crippen molar-refractivity contribution in [2.45, 2.75) is 53.6 Å². The molecule has 0 saturated heterocycles. The van der Waals surface area contributed by atoms with E-state index in [4.69, 9.17) is 5.73 Å². The van der Waals surface area contributed by atoms with E-state index in [9.17, 15) is 0 Å². The molecule has 3 nitrogen and oxygen atoms in total. The van der Waals surface area contributed by atoms with Crippen molar-refractivity contribution in [2.75, 3.05) is 11.9 Å². The summed E-state index contributed by atoms with van der Waals surface area (Å²) in [4.78, 5) is 6.84. The normalized spacial score (nSPS) is 12.9. The van der Waals surface area contributed by atoms with Gasteiger partial charge in [-0.3, -0.25) is 4.98 Å². The van der Waals surface area contributed by atoms with Gasteiger partial charge in [-0.25, -0.2) is 0 Å². The Morgan fingerprint density at radius 1 is 1.28 bits per heavy atom. The van der Waals surface area contributed by atoms with Gasteiger partial charge in [0.05, 0.1) is 0 Å². The standard InChI is InChI=1S/C15H27N3/c1-10(2)7-12(4)18(6)15-8-11(3)17-13(5)14(15)9-16/h8,10,12H,7,9,16H2,1-6H3. The van der Waals surface area contributed by atoms with Crippen LogP contribution in [0.25, 0.3) is 0 Å². The van der Waals surface area contributed by atoms with E-state index in [0.717, 1.165) is 11.4 Å². The summed E-state index contributed by atoms with van der Waals surface area (Å²) in [6.07, 6.45) is 1.18. The molecular formula is C15H27N3. The van der Waals surface area contributed by atoms with Crippen LogP contribution in [0.1, 0.15) is 44.1 Å². The molecule has 0 radical (unpaired) electrons. The van der Waals surface area contributed by atoms with Gasteiger partial charge in [0.1, 0.15) is 0 Å². The SMILES string of the molecule is Cc1cc(N(C)C(C)CC(C)C)c(CN)c(C)n1. The van der Waals surface area contributed by atoms with Crippen molar-refractivity contribution in [1.29, 1.82) is 0 Å². The zero-order valence-electron chi connectivity index (χ0n) is 12.6. The zero-order valence-corrected chi connectivity index (χ0v) is 12.6. The first-order valence-corrected chi connectivity index (χ1v) is 6.76. The lowest BCUT2D eigenvalue weighted by atomic mass is 10.0. The highest BCUT2D eigenvalue weighted by molar-refractivity contribution is 5.56. The van der Waals surface area contributed by atoms with Crippen molar-refractivity contribution in [2.24, 2.45) is 11.7 Å². The summed E-state index contributed by atoms with van der Waals surface area (Å²) >= 11 is 0. The Kier molecular flexibility index (Phi) is 5.15. The first-order chi connectivity index (χ1) is 8.36. The molecule has 0 fully saturated rings. The van der Waals surface area contributed by atoms with Crippen LogP contribution in [-0.2, 0) is 6.54 Å². The fraction of sp³-hybridized carbons (Fsp3) is 0.667. The van der Waals surface area contributed by atoms with Crippen molar-refractivity contribution in [3.05, 3.63) is 23.0 Å². The average molecular weight is 249 g/mol. The monoisotopic (exact) mass is 249 g/mol. The molecule has 0 amide bonds. The third-order valence-electron chi connectivity index (χ3n) is 3.49. The van der Waals surface area contributed by atoms with E-state index in [2.05, 4.69) is 43.8 Å². The van der Waals surface area contributed by atoms with Crippen LogP contribution in [0, 0.1) is 19.8 Å². The summed E-state index contributed by atoms with van der Waals surface area (Å²) in [5, 5.41) is 0. The van der Waals surface area contributed by atoms with Gasteiger partial charge in [-0.1, -0.05) is 13.8 Å². The molecule has 18 heavy (non-hydrogen) atoms. The third-order valence-corrected chi connectivity index (χ3v) is 3.49. The minimum atomic E-state index is 0.511. The molecule has 0 bridgehead atoms. The van der Waals surface area contributed by atoms with Crippen LogP contribution >= 0.6 is 0 Å². The molecule has 3 heteroatoms. The highest BCUT2D eigenvalue weighted by Crippen LogP contribution is 2.25. The highest BCUT2D eigenvalue weighted by atomic mass is 15.1. The molecule has 1 aromatic heterocycles. The van der Waals surface area contributed by atoms with E-state index in [1.165, 1.54) is 17.7 Å². The molecule has 102 valence electrons. The van der Waals surface area contributed by atoms with Crippen molar-refractivity contribution >= 4 is 5.69 Å². The summed E-state index contributed by atoms with van der Waals surface area (Å²) in [5.41, 5.74) is 10.4. The second-order valence-electron chi connectivity index (χ2n) is 5.64. The molecule has 1 rings (SSSR count). The number of aromatic nitrogens is 1. The molecule has 1 atom stereocenters. The molecule has 0 aliphatic heterocycles. The van der Waals surface area contributed by atoms with Gasteiger partial charge in [0, 0.05) is 42.3 Å². The molecule has 0 aromatic carbocycles. The lowest BCUT2D eigenvalue weighted by molar-refractivity contribution is 0.503. The van der Waals surface area contributed by atoms with Crippen LogP contribution in [0.3, 0.4) is 0 Å². The largest absolute Gasteiger partial charge is 0.372 e. The van der Waals surface area contributed by atoms with Gasteiger partial charge in [-0.15, -0.1) is 0 Å². The average Bonchev–Trinajstić information content (AvgIpc) is 2.26. The number of nitrogens with zero attached hydrogens (tertiary/aromatic N) is 2. The van der Waals surface area contributed by atoms with Gasteiger partial charge in [0.25, 0.3) is 0 Å². The third kappa shape index (κ3) is 3.45. The Bertz CT molecular complexity index is 399. The Hall–Kier alpha value is -1.09. The summed E-state index contributed by atoms with van der Waals surface area (Å²) < 4.78 is 0. The smallest absolute Gasteiger partial charge is 0.0448 e. The summed E-state index contributed by atoms with van der Waals surface area (Å²) in [5.74, 6) is 0.702. The zero-order chi connectivity index (χ0) is 13.9. The Morgan fingerprint density at radius 3 is 2.39 bits per heavy atom. The van der Waals surface area contributed by atoms with Crippen LogP contribution in [-0.4, -0.2) is 18.1 Å². The lowest BCUT2D eigenvalue weighted by Crippen LogP contribution is -2.31. The maximum atomic E-state index is 5.87. The molecular weight excluding hydrogens is 222 g/mol. The second kappa shape index (κ2) is 6.19. The Morgan fingerprint density at radius 2 is 1.89 bits per heavy atom. The highest BCUT2D eigenvalue weighted by Gasteiger charge is 2.16. The number of hydrogen-bond donors (Lipinski definition) is 1. The fourth-order valence-electron chi connectivity index (χ4n) is 2.48. The number of hydrogen-bond acceptors (Lipinski definition) is 3. The topological polar surface area (TPSA) is 42.1 Å². The fourth-order valence-corrected chi connectivity index (χ4v) is 2.48. The molecule has 0 aliphatic carbocycles. The van der Waals surface area contributed by atoms with Crippen LogP contribution < -0.4 is 10.6 Å². The maximum Gasteiger partial charge on any atom is 0.0448 e. The summed E-state index contributed by atoms with van der Waals surface area (Å²) in [6, 6.07) is 2.66. The number of rotatable bonds is 5. The number of aryl methyl sites for hydroxylation is 2. The number of nitrogens with two attached hydrogens (primary N) is 1. The van der Waals surface area contributed by atoms with Gasteiger partial charge in [-0.2, -0.15) is 0 Å². The molecule has 1 aromatic rings. The van der Waals surface area contributed by atoms with Gasteiger partial charge < -0.3 is 10.6 Å². The molecule has 0 aliphatic rings. The quantitative estimate of drug-likeness (QED) is 0.872. The van der Waals surface area contributed by atoms with Crippen LogP contribution in [0.2, 0.25) is 0 Å². The summed E-state index contributed by atoms with van der Waals surface area (Å²) in [6.45, 7) is 11.4. The first-order valence-electron chi connectivity index (χ1n) is 6.76.